The first kappa shape index (κ1) is 39.0. The van der Waals surface area contributed by atoms with Crippen LogP contribution in [0.25, 0.3) is 0 Å². The van der Waals surface area contributed by atoms with Gasteiger partial charge in [0.15, 0.2) is 0 Å². The van der Waals surface area contributed by atoms with Crippen LogP contribution >= 0.6 is 0 Å². The molecule has 0 saturated carbocycles. The van der Waals surface area contributed by atoms with E-state index in [0.717, 1.165) is 22.9 Å². The SMILES string of the molecule is COc1ccc(S(=O)(=O)Nc2ccc3c(c2)C(=O)N([C@@H](C)CO)C[C@@H](C)[C@H](CN(C)S(=O)(=O)c2ccc(F)cc2)OCCCC[C@@H](C)O3)cc1. The van der Waals surface area contributed by atoms with Crippen LogP contribution in [0, 0.1) is 11.7 Å². The van der Waals surface area contributed by atoms with Gasteiger partial charge in [-0.3, -0.25) is 9.52 Å². The lowest BCUT2D eigenvalue weighted by atomic mass is 10.0. The molecule has 50 heavy (non-hydrogen) atoms. The van der Waals surface area contributed by atoms with Crippen molar-refractivity contribution < 1.29 is 45.3 Å². The number of ether oxygens (including phenoxy) is 3. The molecule has 0 radical (unpaired) electrons. The Hall–Kier alpha value is -3.76. The van der Waals surface area contributed by atoms with Crippen molar-refractivity contribution in [2.24, 2.45) is 5.92 Å². The third-order valence-corrected chi connectivity index (χ3v) is 11.9. The Morgan fingerprint density at radius 1 is 1.02 bits per heavy atom. The Bertz CT molecular complexity index is 1810. The fraction of sp³-hybridized carbons (Fsp3) is 0.457. The highest BCUT2D eigenvalue weighted by atomic mass is 32.2. The van der Waals surface area contributed by atoms with Gasteiger partial charge in [0.05, 0.1) is 47.3 Å². The number of carbonyl (C=O) groups excluding carboxylic acids is 1. The highest BCUT2D eigenvalue weighted by Gasteiger charge is 2.32. The van der Waals surface area contributed by atoms with Crippen molar-refractivity contribution in [1.82, 2.24) is 9.21 Å². The average Bonchev–Trinajstić information content (AvgIpc) is 3.09. The minimum absolute atomic E-state index is 0.00334. The molecule has 3 aromatic carbocycles. The second-order valence-corrected chi connectivity index (χ2v) is 16.3. The predicted octanol–water partition coefficient (Wildman–Crippen LogP) is 4.75. The molecule has 0 aliphatic carbocycles. The van der Waals surface area contributed by atoms with Crippen LogP contribution < -0.4 is 14.2 Å². The van der Waals surface area contributed by atoms with Crippen LogP contribution in [0.3, 0.4) is 0 Å². The summed E-state index contributed by atoms with van der Waals surface area (Å²) in [5, 5.41) is 10.2. The van der Waals surface area contributed by atoms with Crippen molar-refractivity contribution in [3.63, 3.8) is 0 Å². The first-order valence-electron chi connectivity index (χ1n) is 16.4. The summed E-state index contributed by atoms with van der Waals surface area (Å²) in [5.41, 5.74) is 0.216. The number of sulfonamides is 2. The number of anilines is 1. The van der Waals surface area contributed by atoms with Gasteiger partial charge < -0.3 is 24.2 Å². The van der Waals surface area contributed by atoms with Crippen LogP contribution in [-0.4, -0.2) is 95.8 Å². The van der Waals surface area contributed by atoms with Crippen molar-refractivity contribution >= 4 is 31.6 Å². The molecule has 0 saturated heterocycles. The van der Waals surface area contributed by atoms with E-state index >= 15 is 0 Å². The van der Waals surface area contributed by atoms with E-state index < -0.39 is 49.8 Å². The van der Waals surface area contributed by atoms with E-state index in [1.54, 1.807) is 13.0 Å². The molecule has 4 atom stereocenters. The summed E-state index contributed by atoms with van der Waals surface area (Å²) in [6.45, 7) is 5.35. The van der Waals surface area contributed by atoms with E-state index in [0.29, 0.717) is 25.2 Å². The molecule has 1 aliphatic rings. The molecule has 0 aromatic heterocycles. The maximum Gasteiger partial charge on any atom is 0.261 e. The molecule has 1 aliphatic heterocycles. The third kappa shape index (κ3) is 9.72. The molecular formula is C35H46FN3O9S2. The Morgan fingerprint density at radius 3 is 2.32 bits per heavy atom. The quantitative estimate of drug-likeness (QED) is 0.301. The number of carbonyl (C=O) groups is 1. The monoisotopic (exact) mass is 735 g/mol. The number of amides is 1. The van der Waals surface area contributed by atoms with Gasteiger partial charge in [0.1, 0.15) is 17.3 Å². The number of likely N-dealkylation sites (N-methyl/N-ethyl adjacent to an activating group) is 1. The Labute approximate surface area is 294 Å². The van der Waals surface area contributed by atoms with E-state index in [1.807, 2.05) is 13.8 Å². The number of methoxy groups -OCH3 is 1. The normalized spacial score (nSPS) is 20.4. The van der Waals surface area contributed by atoms with Gasteiger partial charge in [0, 0.05) is 38.3 Å². The summed E-state index contributed by atoms with van der Waals surface area (Å²) in [4.78, 5) is 15.8. The number of aliphatic hydroxyl groups excluding tert-OH is 1. The standard InChI is InChI=1S/C35H46FN3O9S2/c1-24-21-39(25(2)23-40)35(41)32-20-28(37-49(42,43)30-16-12-29(46-5)13-17-30)11-18-33(32)48-26(3)8-6-7-19-47-34(24)22-38(4)50(44,45)31-14-9-27(36)10-15-31/h9-18,20,24-26,34,37,40H,6-8,19,21-23H2,1-5H3/t24-,25+,26-,34+/m1/s1. The highest BCUT2D eigenvalue weighted by Crippen LogP contribution is 2.30. The number of benzene rings is 3. The zero-order valence-electron chi connectivity index (χ0n) is 28.9. The summed E-state index contributed by atoms with van der Waals surface area (Å²) in [5.74, 6) is -0.752. The topological polar surface area (TPSA) is 152 Å². The summed E-state index contributed by atoms with van der Waals surface area (Å²) in [6, 6.07) is 14.2. The highest BCUT2D eigenvalue weighted by molar-refractivity contribution is 7.92. The third-order valence-electron chi connectivity index (χ3n) is 8.63. The van der Waals surface area contributed by atoms with Gasteiger partial charge in [-0.05, 0) is 99.8 Å². The minimum atomic E-state index is -4.04. The van der Waals surface area contributed by atoms with E-state index in [2.05, 4.69) is 4.72 Å². The maximum atomic E-state index is 14.4. The lowest BCUT2D eigenvalue weighted by molar-refractivity contribution is -0.00834. The number of rotatable bonds is 10. The number of fused-ring (bicyclic) bond motifs is 1. The van der Waals surface area contributed by atoms with Gasteiger partial charge >= 0.3 is 0 Å². The number of nitrogens with zero attached hydrogens (tertiary/aromatic N) is 2. The second kappa shape index (κ2) is 17.0. The van der Waals surface area contributed by atoms with Crippen molar-refractivity contribution in [2.45, 2.75) is 68.1 Å². The van der Waals surface area contributed by atoms with E-state index in [4.69, 9.17) is 14.2 Å². The largest absolute Gasteiger partial charge is 0.497 e. The van der Waals surface area contributed by atoms with E-state index in [9.17, 15) is 31.1 Å². The zero-order chi connectivity index (χ0) is 36.6. The summed E-state index contributed by atoms with van der Waals surface area (Å²) in [6.07, 6.45) is 1.05. The molecule has 15 heteroatoms. The summed E-state index contributed by atoms with van der Waals surface area (Å²) in [7, 11) is -5.13. The van der Waals surface area contributed by atoms with Crippen LogP contribution in [-0.2, 0) is 24.8 Å². The van der Waals surface area contributed by atoms with E-state index in [-0.39, 0.29) is 52.6 Å². The van der Waals surface area contributed by atoms with Crippen molar-refractivity contribution in [1.29, 1.82) is 0 Å². The molecule has 0 spiro atoms. The second-order valence-electron chi connectivity index (χ2n) is 12.5. The van der Waals surface area contributed by atoms with Crippen molar-refractivity contribution in [3.05, 3.63) is 78.1 Å². The minimum Gasteiger partial charge on any atom is -0.497 e. The van der Waals surface area contributed by atoms with Gasteiger partial charge in [-0.25, -0.2) is 21.2 Å². The summed E-state index contributed by atoms with van der Waals surface area (Å²) < 4.78 is 88.0. The average molecular weight is 736 g/mol. The van der Waals surface area contributed by atoms with Gasteiger partial charge in [0.25, 0.3) is 15.9 Å². The van der Waals surface area contributed by atoms with Crippen LogP contribution in [0.15, 0.2) is 76.5 Å². The van der Waals surface area contributed by atoms with Crippen LogP contribution in [0.1, 0.15) is 50.4 Å². The first-order valence-corrected chi connectivity index (χ1v) is 19.3. The van der Waals surface area contributed by atoms with Crippen molar-refractivity contribution in [2.75, 3.05) is 45.2 Å². The molecule has 0 bridgehead atoms. The molecule has 2 N–H and O–H groups in total. The molecule has 3 aromatic rings. The lowest BCUT2D eigenvalue weighted by Gasteiger charge is -2.35. The molecule has 0 unspecified atom stereocenters. The van der Waals surface area contributed by atoms with Gasteiger partial charge in [-0.2, -0.15) is 4.31 Å². The smallest absolute Gasteiger partial charge is 0.261 e. The van der Waals surface area contributed by atoms with Gasteiger partial charge in [-0.1, -0.05) is 6.92 Å². The summed E-state index contributed by atoms with van der Waals surface area (Å²) >= 11 is 0. The molecule has 0 fully saturated rings. The Kier molecular flexibility index (Phi) is 13.2. The molecule has 12 nitrogen and oxygen atoms in total. The zero-order valence-corrected chi connectivity index (χ0v) is 30.5. The van der Waals surface area contributed by atoms with Crippen LogP contribution in [0.4, 0.5) is 10.1 Å². The Balaban J connectivity index is 1.67. The Morgan fingerprint density at radius 2 is 1.68 bits per heavy atom. The maximum absolute atomic E-state index is 14.4. The fourth-order valence-electron chi connectivity index (χ4n) is 5.56. The van der Waals surface area contributed by atoms with E-state index in [1.165, 1.54) is 67.6 Å². The number of halogens is 1. The number of nitrogens with one attached hydrogen (secondary N) is 1. The number of hydrogen-bond donors (Lipinski definition) is 2. The van der Waals surface area contributed by atoms with Crippen molar-refractivity contribution in [3.8, 4) is 11.5 Å². The van der Waals surface area contributed by atoms with Crippen LogP contribution in [0.2, 0.25) is 0 Å². The molecular weight excluding hydrogens is 690 g/mol. The predicted molar refractivity (Wildman–Crippen MR) is 187 cm³/mol. The lowest BCUT2D eigenvalue weighted by Crippen LogP contribution is -2.48. The number of aliphatic hydroxyl groups is 1. The number of hydrogen-bond acceptors (Lipinski definition) is 9. The fourth-order valence-corrected chi connectivity index (χ4v) is 7.79. The van der Waals surface area contributed by atoms with Crippen LogP contribution in [0.5, 0.6) is 11.5 Å². The molecule has 1 amide bonds. The molecule has 274 valence electrons. The van der Waals surface area contributed by atoms with Gasteiger partial charge in [0.2, 0.25) is 10.0 Å². The molecule has 1 heterocycles. The van der Waals surface area contributed by atoms with Gasteiger partial charge in [-0.15, -0.1) is 0 Å². The first-order chi connectivity index (χ1) is 23.7. The molecule has 4 rings (SSSR count).